The molecule has 1 aromatic rings. The van der Waals surface area contributed by atoms with Crippen molar-refractivity contribution in [3.8, 4) is 5.75 Å². The van der Waals surface area contributed by atoms with Crippen molar-refractivity contribution >= 4 is 29.9 Å². The van der Waals surface area contributed by atoms with Crippen molar-refractivity contribution in [3.63, 3.8) is 0 Å². The van der Waals surface area contributed by atoms with Crippen LogP contribution in [0.25, 0.3) is 0 Å². The molecule has 0 aliphatic heterocycles. The Morgan fingerprint density at radius 1 is 1.38 bits per heavy atom. The summed E-state index contributed by atoms with van der Waals surface area (Å²) in [4.78, 5) is 13.4. The van der Waals surface area contributed by atoms with Crippen LogP contribution >= 0.6 is 24.0 Å². The van der Waals surface area contributed by atoms with Gasteiger partial charge in [-0.2, -0.15) is 0 Å². The SMILES string of the molecule is COCCNCC(=O)N(C)CCOc1cccc(Cl)c1.Cl. The zero-order valence-corrected chi connectivity index (χ0v) is 13.9. The summed E-state index contributed by atoms with van der Waals surface area (Å²) in [7, 11) is 3.38. The highest BCUT2D eigenvalue weighted by molar-refractivity contribution is 6.30. The number of ether oxygens (including phenoxy) is 2. The standard InChI is InChI=1S/C14H21ClN2O3.ClH/c1-17(14(18)11-16-6-8-19-2)7-9-20-13-5-3-4-12(15)10-13;/h3-5,10,16H,6-9,11H2,1-2H3;1H. The van der Waals surface area contributed by atoms with Crippen molar-refractivity contribution < 1.29 is 14.3 Å². The molecule has 120 valence electrons. The van der Waals surface area contributed by atoms with Crippen LogP contribution in [0.3, 0.4) is 0 Å². The highest BCUT2D eigenvalue weighted by atomic mass is 35.5. The average Bonchev–Trinajstić information content (AvgIpc) is 2.43. The number of halogens is 2. The van der Waals surface area contributed by atoms with E-state index >= 15 is 0 Å². The minimum atomic E-state index is 0. The van der Waals surface area contributed by atoms with E-state index in [1.807, 2.05) is 12.1 Å². The molecule has 21 heavy (non-hydrogen) atoms. The number of nitrogens with one attached hydrogen (secondary N) is 1. The fraction of sp³-hybridized carbons (Fsp3) is 0.500. The first kappa shape index (κ1) is 20.0. The fourth-order valence-corrected chi connectivity index (χ4v) is 1.67. The normalized spacial score (nSPS) is 9.86. The Labute approximate surface area is 137 Å². The second-order valence-electron chi connectivity index (χ2n) is 4.29. The van der Waals surface area contributed by atoms with Crippen molar-refractivity contribution in [2.24, 2.45) is 0 Å². The first-order valence-corrected chi connectivity index (χ1v) is 6.83. The number of rotatable bonds is 9. The Morgan fingerprint density at radius 3 is 2.81 bits per heavy atom. The molecule has 0 unspecified atom stereocenters. The Balaban J connectivity index is 0.00000400. The van der Waals surface area contributed by atoms with Gasteiger partial charge in [0.1, 0.15) is 12.4 Å². The van der Waals surface area contributed by atoms with E-state index in [0.717, 1.165) is 0 Å². The molecule has 1 rings (SSSR count). The Kier molecular flexibility index (Phi) is 11.1. The maximum Gasteiger partial charge on any atom is 0.236 e. The van der Waals surface area contributed by atoms with Crippen molar-refractivity contribution in [2.45, 2.75) is 0 Å². The second-order valence-corrected chi connectivity index (χ2v) is 4.73. The molecule has 7 heteroatoms. The molecule has 1 N–H and O–H groups in total. The van der Waals surface area contributed by atoms with Gasteiger partial charge >= 0.3 is 0 Å². The highest BCUT2D eigenvalue weighted by Crippen LogP contribution is 2.16. The van der Waals surface area contributed by atoms with Crippen molar-refractivity contribution in [1.29, 1.82) is 0 Å². The summed E-state index contributed by atoms with van der Waals surface area (Å²) in [6, 6.07) is 7.19. The highest BCUT2D eigenvalue weighted by Gasteiger charge is 2.07. The van der Waals surface area contributed by atoms with E-state index in [9.17, 15) is 4.79 Å². The maximum atomic E-state index is 11.7. The lowest BCUT2D eigenvalue weighted by Crippen LogP contribution is -2.38. The van der Waals surface area contributed by atoms with Gasteiger partial charge in [-0.05, 0) is 18.2 Å². The number of carbonyl (C=O) groups is 1. The van der Waals surface area contributed by atoms with Gasteiger partial charge in [0, 0.05) is 25.7 Å². The zero-order valence-electron chi connectivity index (χ0n) is 12.3. The zero-order chi connectivity index (χ0) is 14.8. The van der Waals surface area contributed by atoms with Gasteiger partial charge in [0.05, 0.1) is 19.7 Å². The largest absolute Gasteiger partial charge is 0.492 e. The van der Waals surface area contributed by atoms with Gasteiger partial charge in [-0.15, -0.1) is 12.4 Å². The number of hydrogen-bond donors (Lipinski definition) is 1. The van der Waals surface area contributed by atoms with E-state index in [4.69, 9.17) is 21.1 Å². The molecule has 0 atom stereocenters. The quantitative estimate of drug-likeness (QED) is 0.699. The molecule has 0 aromatic heterocycles. The van der Waals surface area contributed by atoms with Gasteiger partial charge in [-0.3, -0.25) is 4.79 Å². The first-order valence-electron chi connectivity index (χ1n) is 6.45. The lowest BCUT2D eigenvalue weighted by Gasteiger charge is -2.17. The molecule has 5 nitrogen and oxygen atoms in total. The summed E-state index contributed by atoms with van der Waals surface area (Å²) in [5.41, 5.74) is 0. The van der Waals surface area contributed by atoms with Crippen LogP contribution in [0.5, 0.6) is 5.75 Å². The summed E-state index contributed by atoms with van der Waals surface area (Å²) in [5, 5.41) is 3.64. The van der Waals surface area contributed by atoms with Crippen LogP contribution in [0.2, 0.25) is 5.02 Å². The number of nitrogens with zero attached hydrogens (tertiary/aromatic N) is 1. The monoisotopic (exact) mass is 336 g/mol. The minimum absolute atomic E-state index is 0. The van der Waals surface area contributed by atoms with Gasteiger partial charge < -0.3 is 19.7 Å². The van der Waals surface area contributed by atoms with E-state index in [1.54, 1.807) is 31.2 Å². The molecule has 0 spiro atoms. The Bertz CT molecular complexity index is 419. The molecular weight excluding hydrogens is 315 g/mol. The van der Waals surface area contributed by atoms with E-state index < -0.39 is 0 Å². The average molecular weight is 337 g/mol. The first-order chi connectivity index (χ1) is 9.63. The number of methoxy groups -OCH3 is 1. The molecule has 0 radical (unpaired) electrons. The molecule has 0 fully saturated rings. The van der Waals surface area contributed by atoms with Crippen LogP contribution < -0.4 is 10.1 Å². The number of benzene rings is 1. The van der Waals surface area contributed by atoms with E-state index in [0.29, 0.717) is 43.6 Å². The van der Waals surface area contributed by atoms with Crippen molar-refractivity contribution in [3.05, 3.63) is 29.3 Å². The number of carbonyl (C=O) groups excluding carboxylic acids is 1. The predicted octanol–water partition coefficient (Wildman–Crippen LogP) is 1.84. The number of amides is 1. The fourth-order valence-electron chi connectivity index (χ4n) is 1.49. The van der Waals surface area contributed by atoms with E-state index in [-0.39, 0.29) is 18.3 Å². The molecule has 1 aromatic carbocycles. The third-order valence-electron chi connectivity index (χ3n) is 2.68. The van der Waals surface area contributed by atoms with Crippen molar-refractivity contribution in [1.82, 2.24) is 10.2 Å². The summed E-state index contributed by atoms with van der Waals surface area (Å²) in [6.45, 7) is 2.51. The van der Waals surface area contributed by atoms with E-state index in [1.165, 1.54) is 0 Å². The van der Waals surface area contributed by atoms with Gasteiger partial charge in [-0.25, -0.2) is 0 Å². The number of hydrogen-bond acceptors (Lipinski definition) is 4. The maximum absolute atomic E-state index is 11.7. The predicted molar refractivity (Wildman–Crippen MR) is 86.6 cm³/mol. The van der Waals surface area contributed by atoms with Crippen molar-refractivity contribution in [2.75, 3.05) is 47.0 Å². The van der Waals surface area contributed by atoms with Gasteiger partial charge in [0.25, 0.3) is 0 Å². The van der Waals surface area contributed by atoms with Crippen LogP contribution in [0.15, 0.2) is 24.3 Å². The molecule has 0 saturated heterocycles. The molecule has 0 heterocycles. The van der Waals surface area contributed by atoms with Crippen LogP contribution in [-0.4, -0.2) is 57.8 Å². The molecular formula is C14H22Cl2N2O3. The van der Waals surface area contributed by atoms with Crippen LogP contribution in [-0.2, 0) is 9.53 Å². The van der Waals surface area contributed by atoms with E-state index in [2.05, 4.69) is 5.32 Å². The minimum Gasteiger partial charge on any atom is -0.492 e. The smallest absolute Gasteiger partial charge is 0.236 e. The molecule has 0 saturated carbocycles. The lowest BCUT2D eigenvalue weighted by atomic mass is 10.3. The van der Waals surface area contributed by atoms with Crippen LogP contribution in [0, 0.1) is 0 Å². The topological polar surface area (TPSA) is 50.8 Å². The third-order valence-corrected chi connectivity index (χ3v) is 2.91. The summed E-state index contributed by atoms with van der Waals surface area (Å²) >= 11 is 5.86. The molecule has 0 aliphatic carbocycles. The lowest BCUT2D eigenvalue weighted by molar-refractivity contribution is -0.129. The van der Waals surface area contributed by atoms with Gasteiger partial charge in [0.15, 0.2) is 0 Å². The van der Waals surface area contributed by atoms with Gasteiger partial charge in [0.2, 0.25) is 5.91 Å². The van der Waals surface area contributed by atoms with Gasteiger partial charge in [-0.1, -0.05) is 17.7 Å². The molecule has 0 aliphatic rings. The Morgan fingerprint density at radius 2 is 2.14 bits per heavy atom. The molecule has 0 bridgehead atoms. The second kappa shape index (κ2) is 11.6. The van der Waals surface area contributed by atoms with Crippen LogP contribution in [0.4, 0.5) is 0 Å². The molecule has 1 amide bonds. The number of likely N-dealkylation sites (N-methyl/N-ethyl adjacent to an activating group) is 1. The summed E-state index contributed by atoms with van der Waals surface area (Å²) in [6.07, 6.45) is 0. The third kappa shape index (κ3) is 8.78. The summed E-state index contributed by atoms with van der Waals surface area (Å²) in [5.74, 6) is 0.729. The summed E-state index contributed by atoms with van der Waals surface area (Å²) < 4.78 is 10.4. The van der Waals surface area contributed by atoms with Crippen LogP contribution in [0.1, 0.15) is 0 Å². The Hall–Kier alpha value is -1.01.